The van der Waals surface area contributed by atoms with E-state index in [1.165, 1.54) is 5.56 Å². The number of rotatable bonds is 4. The van der Waals surface area contributed by atoms with Gasteiger partial charge in [0, 0.05) is 30.4 Å². The van der Waals surface area contributed by atoms with Crippen molar-refractivity contribution < 1.29 is 9.84 Å². The lowest BCUT2D eigenvalue weighted by atomic mass is 10.0. The van der Waals surface area contributed by atoms with Gasteiger partial charge in [-0.2, -0.15) is 0 Å². The molecule has 1 N–H and O–H groups in total. The minimum Gasteiger partial charge on any atom is -0.493 e. The number of hydrogen-bond acceptors (Lipinski definition) is 2. The molecule has 3 nitrogen and oxygen atoms in total. The lowest BCUT2D eigenvalue weighted by Gasteiger charge is -2.13. The van der Waals surface area contributed by atoms with Crippen LogP contribution in [0.1, 0.15) is 37.0 Å². The summed E-state index contributed by atoms with van der Waals surface area (Å²) in [6, 6.07) is 10.2. The van der Waals surface area contributed by atoms with Crippen LogP contribution in [0.5, 0.6) is 5.75 Å². The largest absolute Gasteiger partial charge is 0.493 e. The molecule has 0 saturated carbocycles. The monoisotopic (exact) mass is 271 g/mol. The Balaban J connectivity index is 1.74. The van der Waals surface area contributed by atoms with E-state index in [4.69, 9.17) is 4.74 Å². The molecule has 106 valence electrons. The highest BCUT2D eigenvalue weighted by molar-refractivity contribution is 5.39. The highest BCUT2D eigenvalue weighted by Crippen LogP contribution is 2.34. The number of aromatic nitrogens is 1. The Bertz CT molecular complexity index is 588. The van der Waals surface area contributed by atoms with Gasteiger partial charge in [0.25, 0.3) is 0 Å². The first kappa shape index (κ1) is 13.3. The van der Waals surface area contributed by atoms with Crippen molar-refractivity contribution in [3.05, 3.63) is 53.9 Å². The molecule has 1 aromatic carbocycles. The fourth-order valence-electron chi connectivity index (χ4n) is 2.77. The Morgan fingerprint density at radius 1 is 1.30 bits per heavy atom. The Kier molecular flexibility index (Phi) is 3.53. The molecule has 20 heavy (non-hydrogen) atoms. The zero-order valence-electron chi connectivity index (χ0n) is 12.0. The molecule has 2 atom stereocenters. The van der Waals surface area contributed by atoms with Gasteiger partial charge in [-0.15, -0.1) is 0 Å². The standard InChI is InChI=1S/C17H21NO2/c1-12(2)17(19)13-7-8-18(9-13)10-14-11-20-16-6-4-3-5-15(14)16/h3-9,12,14,17,19H,10-11H2,1-2H3. The van der Waals surface area contributed by atoms with E-state index < -0.39 is 0 Å². The van der Waals surface area contributed by atoms with E-state index in [9.17, 15) is 5.11 Å². The second-order valence-corrected chi connectivity index (χ2v) is 5.88. The number of ether oxygens (including phenoxy) is 1. The molecule has 0 aliphatic carbocycles. The minimum absolute atomic E-state index is 0.237. The van der Waals surface area contributed by atoms with Crippen LogP contribution in [-0.4, -0.2) is 16.3 Å². The molecule has 0 saturated heterocycles. The van der Waals surface area contributed by atoms with E-state index in [0.29, 0.717) is 5.92 Å². The van der Waals surface area contributed by atoms with Crippen molar-refractivity contribution in [3.8, 4) is 5.75 Å². The molecule has 0 bridgehead atoms. The summed E-state index contributed by atoms with van der Waals surface area (Å²) in [5, 5.41) is 10.1. The normalized spacial score (nSPS) is 18.9. The van der Waals surface area contributed by atoms with E-state index in [-0.39, 0.29) is 12.0 Å². The third-order valence-corrected chi connectivity index (χ3v) is 3.98. The second kappa shape index (κ2) is 5.33. The lowest BCUT2D eigenvalue weighted by Crippen LogP contribution is -2.09. The second-order valence-electron chi connectivity index (χ2n) is 5.88. The summed E-state index contributed by atoms with van der Waals surface area (Å²) in [6.45, 7) is 5.69. The SMILES string of the molecule is CC(C)C(O)c1ccn(CC2COc3ccccc32)c1. The van der Waals surface area contributed by atoms with Gasteiger partial charge in [0.2, 0.25) is 0 Å². The predicted octanol–water partition coefficient (Wildman–Crippen LogP) is 3.35. The van der Waals surface area contributed by atoms with Crippen molar-refractivity contribution >= 4 is 0 Å². The molecule has 2 unspecified atom stereocenters. The van der Waals surface area contributed by atoms with Crippen molar-refractivity contribution in [1.29, 1.82) is 0 Å². The first-order valence-electron chi connectivity index (χ1n) is 7.20. The molecular formula is C17H21NO2. The van der Waals surface area contributed by atoms with Crippen molar-refractivity contribution in [3.63, 3.8) is 0 Å². The molecule has 2 aromatic rings. The van der Waals surface area contributed by atoms with Gasteiger partial charge in [0.05, 0.1) is 12.7 Å². The average Bonchev–Trinajstić information content (AvgIpc) is 3.06. The average molecular weight is 271 g/mol. The molecular weight excluding hydrogens is 250 g/mol. The van der Waals surface area contributed by atoms with Crippen molar-refractivity contribution in [1.82, 2.24) is 4.57 Å². The van der Waals surface area contributed by atoms with Crippen LogP contribution in [0.3, 0.4) is 0 Å². The summed E-state index contributed by atoms with van der Waals surface area (Å²) >= 11 is 0. The number of aliphatic hydroxyl groups is 1. The topological polar surface area (TPSA) is 34.4 Å². The van der Waals surface area contributed by atoms with Crippen LogP contribution in [0.15, 0.2) is 42.7 Å². The van der Waals surface area contributed by atoms with Crippen LogP contribution in [0, 0.1) is 5.92 Å². The van der Waals surface area contributed by atoms with Gasteiger partial charge >= 0.3 is 0 Å². The number of aliphatic hydroxyl groups excluding tert-OH is 1. The highest BCUT2D eigenvalue weighted by atomic mass is 16.5. The van der Waals surface area contributed by atoms with E-state index >= 15 is 0 Å². The van der Waals surface area contributed by atoms with Crippen molar-refractivity contribution in [2.24, 2.45) is 5.92 Å². The summed E-state index contributed by atoms with van der Waals surface area (Å²) in [7, 11) is 0. The van der Waals surface area contributed by atoms with Crippen LogP contribution >= 0.6 is 0 Å². The van der Waals surface area contributed by atoms with Gasteiger partial charge in [-0.3, -0.25) is 0 Å². The lowest BCUT2D eigenvalue weighted by molar-refractivity contribution is 0.127. The Morgan fingerprint density at radius 2 is 2.10 bits per heavy atom. The van der Waals surface area contributed by atoms with Crippen LogP contribution in [0.4, 0.5) is 0 Å². The maximum absolute atomic E-state index is 10.1. The quantitative estimate of drug-likeness (QED) is 0.925. The summed E-state index contributed by atoms with van der Waals surface area (Å²) in [6.07, 6.45) is 3.70. The van der Waals surface area contributed by atoms with Crippen LogP contribution in [0.2, 0.25) is 0 Å². The van der Waals surface area contributed by atoms with E-state index in [1.807, 2.05) is 44.4 Å². The van der Waals surface area contributed by atoms with Crippen molar-refractivity contribution in [2.45, 2.75) is 32.4 Å². The molecule has 2 heterocycles. The summed E-state index contributed by atoms with van der Waals surface area (Å²) < 4.78 is 7.86. The van der Waals surface area contributed by atoms with E-state index in [1.54, 1.807) is 0 Å². The van der Waals surface area contributed by atoms with Crippen LogP contribution in [0.25, 0.3) is 0 Å². The molecule has 0 spiro atoms. The summed E-state index contributed by atoms with van der Waals surface area (Å²) in [4.78, 5) is 0. The molecule has 0 radical (unpaired) electrons. The zero-order valence-corrected chi connectivity index (χ0v) is 12.0. The Labute approximate surface area is 119 Å². The zero-order chi connectivity index (χ0) is 14.1. The molecule has 1 aliphatic rings. The van der Waals surface area contributed by atoms with Gasteiger partial charge in [-0.05, 0) is 23.6 Å². The van der Waals surface area contributed by atoms with Crippen LogP contribution < -0.4 is 4.74 Å². The molecule has 3 heteroatoms. The fraction of sp³-hybridized carbons (Fsp3) is 0.412. The smallest absolute Gasteiger partial charge is 0.122 e. The minimum atomic E-state index is -0.386. The Morgan fingerprint density at radius 3 is 2.90 bits per heavy atom. The molecule has 3 rings (SSSR count). The third kappa shape index (κ3) is 2.46. The Hall–Kier alpha value is -1.74. The summed E-state index contributed by atoms with van der Waals surface area (Å²) in [5.74, 6) is 1.64. The highest BCUT2D eigenvalue weighted by Gasteiger charge is 2.24. The molecule has 1 aromatic heterocycles. The number of benzene rings is 1. The third-order valence-electron chi connectivity index (χ3n) is 3.98. The number of fused-ring (bicyclic) bond motifs is 1. The van der Waals surface area contributed by atoms with Crippen molar-refractivity contribution in [2.75, 3.05) is 6.61 Å². The molecule has 0 fully saturated rings. The first-order chi connectivity index (χ1) is 9.65. The maximum Gasteiger partial charge on any atom is 0.122 e. The first-order valence-corrected chi connectivity index (χ1v) is 7.20. The molecule has 0 amide bonds. The van der Waals surface area contributed by atoms with Crippen LogP contribution in [-0.2, 0) is 6.54 Å². The summed E-state index contributed by atoms with van der Waals surface area (Å²) in [5.41, 5.74) is 2.28. The number of nitrogens with zero attached hydrogens (tertiary/aromatic N) is 1. The van der Waals surface area contributed by atoms with Gasteiger partial charge < -0.3 is 14.4 Å². The predicted molar refractivity (Wildman–Crippen MR) is 78.9 cm³/mol. The van der Waals surface area contributed by atoms with Gasteiger partial charge in [-0.1, -0.05) is 32.0 Å². The van der Waals surface area contributed by atoms with E-state index in [2.05, 4.69) is 16.7 Å². The fourth-order valence-corrected chi connectivity index (χ4v) is 2.77. The van der Waals surface area contributed by atoms with E-state index in [0.717, 1.165) is 24.5 Å². The van der Waals surface area contributed by atoms with Gasteiger partial charge in [0.1, 0.15) is 5.75 Å². The van der Waals surface area contributed by atoms with Gasteiger partial charge in [-0.25, -0.2) is 0 Å². The van der Waals surface area contributed by atoms with Gasteiger partial charge in [0.15, 0.2) is 0 Å². The number of para-hydroxylation sites is 1. The molecule has 1 aliphatic heterocycles. The number of hydrogen-bond donors (Lipinski definition) is 1. The maximum atomic E-state index is 10.1.